The van der Waals surface area contributed by atoms with E-state index in [1.807, 2.05) is 29.2 Å². The van der Waals surface area contributed by atoms with E-state index in [9.17, 15) is 13.2 Å². The first-order valence-corrected chi connectivity index (χ1v) is 9.49. The first-order chi connectivity index (χ1) is 13.4. The molecule has 1 N–H and O–H groups in total. The molecule has 1 aliphatic heterocycles. The van der Waals surface area contributed by atoms with Gasteiger partial charge in [0.25, 0.3) is 0 Å². The van der Waals surface area contributed by atoms with E-state index < -0.39 is 12.2 Å². The van der Waals surface area contributed by atoms with Gasteiger partial charge in [-0.05, 0) is 25.0 Å². The number of halogens is 4. The van der Waals surface area contributed by atoms with E-state index in [2.05, 4.69) is 21.4 Å². The highest BCUT2D eigenvalue weighted by molar-refractivity contribution is 14.0. The first-order valence-electron chi connectivity index (χ1n) is 9.49. The molecule has 0 aliphatic carbocycles. The van der Waals surface area contributed by atoms with Gasteiger partial charge >= 0.3 is 6.18 Å². The van der Waals surface area contributed by atoms with Crippen LogP contribution in [0.3, 0.4) is 0 Å². The topological polar surface area (TPSA) is 43.8 Å². The minimum atomic E-state index is -4.19. The third kappa shape index (κ3) is 5.94. The molecule has 1 fully saturated rings. The van der Waals surface area contributed by atoms with Gasteiger partial charge in [-0.15, -0.1) is 24.0 Å². The molecule has 9 heteroatoms. The SMILES string of the molecule is CN=C(NCCc1cccc2cccnc12)N1CCN(C(C)C(F)(F)F)CC1.I. The second-order valence-corrected chi connectivity index (χ2v) is 6.96. The van der Waals surface area contributed by atoms with Crippen LogP contribution in [0.5, 0.6) is 0 Å². The third-order valence-corrected chi connectivity index (χ3v) is 5.24. The van der Waals surface area contributed by atoms with Crippen molar-refractivity contribution in [3.8, 4) is 0 Å². The number of rotatable bonds is 4. The molecule has 1 aliphatic rings. The monoisotopic (exact) mass is 521 g/mol. The first kappa shape index (κ1) is 23.7. The highest BCUT2D eigenvalue weighted by atomic mass is 127. The zero-order valence-electron chi connectivity index (χ0n) is 16.6. The molecule has 29 heavy (non-hydrogen) atoms. The number of piperazine rings is 1. The number of alkyl halides is 3. The quantitative estimate of drug-likeness (QED) is 0.380. The summed E-state index contributed by atoms with van der Waals surface area (Å²) >= 11 is 0. The van der Waals surface area contributed by atoms with E-state index in [-0.39, 0.29) is 24.0 Å². The maximum Gasteiger partial charge on any atom is 0.403 e. The van der Waals surface area contributed by atoms with Crippen molar-refractivity contribution in [2.24, 2.45) is 4.99 Å². The van der Waals surface area contributed by atoms with Crippen LogP contribution in [-0.4, -0.2) is 72.7 Å². The van der Waals surface area contributed by atoms with E-state index in [4.69, 9.17) is 0 Å². The Morgan fingerprint density at radius 1 is 1.17 bits per heavy atom. The van der Waals surface area contributed by atoms with Crippen molar-refractivity contribution in [2.75, 3.05) is 39.8 Å². The number of guanidine groups is 1. The largest absolute Gasteiger partial charge is 0.403 e. The molecule has 0 bridgehead atoms. The van der Waals surface area contributed by atoms with Gasteiger partial charge in [-0.25, -0.2) is 0 Å². The van der Waals surface area contributed by atoms with Gasteiger partial charge in [-0.3, -0.25) is 14.9 Å². The highest BCUT2D eigenvalue weighted by Crippen LogP contribution is 2.25. The molecular weight excluding hydrogens is 494 g/mol. The van der Waals surface area contributed by atoms with Crippen molar-refractivity contribution >= 4 is 40.8 Å². The Balaban J connectivity index is 0.00000300. The summed E-state index contributed by atoms with van der Waals surface area (Å²) in [5.74, 6) is 0.729. The normalized spacial score (nSPS) is 17.1. The van der Waals surface area contributed by atoms with Gasteiger partial charge in [-0.2, -0.15) is 13.2 Å². The van der Waals surface area contributed by atoms with Gasteiger partial charge in [0.05, 0.1) is 5.52 Å². The van der Waals surface area contributed by atoms with Crippen molar-refractivity contribution in [2.45, 2.75) is 25.6 Å². The minimum Gasteiger partial charge on any atom is -0.356 e. The molecule has 0 saturated carbocycles. The van der Waals surface area contributed by atoms with Crippen LogP contribution in [0.25, 0.3) is 10.9 Å². The molecular formula is C20H27F3IN5. The Bertz CT molecular complexity index is 814. The maximum absolute atomic E-state index is 12.9. The predicted molar refractivity (Wildman–Crippen MR) is 121 cm³/mol. The second kappa shape index (κ2) is 10.4. The maximum atomic E-state index is 12.9. The van der Waals surface area contributed by atoms with Gasteiger partial charge in [-0.1, -0.05) is 24.3 Å². The summed E-state index contributed by atoms with van der Waals surface area (Å²) < 4.78 is 38.7. The molecule has 5 nitrogen and oxygen atoms in total. The van der Waals surface area contributed by atoms with Crippen LogP contribution in [0.15, 0.2) is 41.5 Å². The number of benzene rings is 1. The van der Waals surface area contributed by atoms with E-state index >= 15 is 0 Å². The summed E-state index contributed by atoms with van der Waals surface area (Å²) in [7, 11) is 1.70. The molecule has 1 aromatic carbocycles. The standard InChI is InChI=1S/C20H26F3N5.HI/c1-15(20(21,22)23)27-11-13-28(14-12-27)19(24-2)26-10-8-17-6-3-5-16-7-4-9-25-18(16)17;/h3-7,9,15H,8,10-14H2,1-2H3,(H,24,26);1H. The van der Waals surface area contributed by atoms with E-state index in [0.717, 1.165) is 28.8 Å². The lowest BCUT2D eigenvalue weighted by Gasteiger charge is -2.39. The lowest BCUT2D eigenvalue weighted by Crippen LogP contribution is -2.56. The number of pyridine rings is 1. The fourth-order valence-corrected chi connectivity index (χ4v) is 3.54. The fourth-order valence-electron chi connectivity index (χ4n) is 3.54. The molecule has 0 spiro atoms. The fraction of sp³-hybridized carbons (Fsp3) is 0.500. The zero-order chi connectivity index (χ0) is 20.1. The third-order valence-electron chi connectivity index (χ3n) is 5.24. The van der Waals surface area contributed by atoms with Gasteiger partial charge in [0.2, 0.25) is 0 Å². The summed E-state index contributed by atoms with van der Waals surface area (Å²) in [6, 6.07) is 8.68. The van der Waals surface area contributed by atoms with E-state index in [0.29, 0.717) is 32.7 Å². The number of para-hydroxylation sites is 1. The Kier molecular flexibility index (Phi) is 8.50. The number of nitrogens with one attached hydrogen (secondary N) is 1. The van der Waals surface area contributed by atoms with Crippen molar-refractivity contribution in [1.82, 2.24) is 20.1 Å². The molecule has 160 valence electrons. The number of hydrogen-bond donors (Lipinski definition) is 1. The van der Waals surface area contributed by atoms with Crippen LogP contribution in [0.4, 0.5) is 13.2 Å². The van der Waals surface area contributed by atoms with Crippen LogP contribution in [0.2, 0.25) is 0 Å². The van der Waals surface area contributed by atoms with Gasteiger partial charge in [0.1, 0.15) is 6.04 Å². The molecule has 0 amide bonds. The molecule has 2 heterocycles. The minimum absolute atomic E-state index is 0. The van der Waals surface area contributed by atoms with Gasteiger partial charge in [0, 0.05) is 51.4 Å². The molecule has 1 atom stereocenters. The number of aromatic nitrogens is 1. The summed E-state index contributed by atoms with van der Waals surface area (Å²) in [5.41, 5.74) is 2.15. The molecule has 1 aromatic heterocycles. The smallest absolute Gasteiger partial charge is 0.356 e. The van der Waals surface area contributed by atoms with Crippen molar-refractivity contribution < 1.29 is 13.2 Å². The van der Waals surface area contributed by atoms with Crippen LogP contribution >= 0.6 is 24.0 Å². The van der Waals surface area contributed by atoms with E-state index in [1.54, 1.807) is 13.2 Å². The van der Waals surface area contributed by atoms with Crippen LogP contribution in [-0.2, 0) is 6.42 Å². The van der Waals surface area contributed by atoms with Crippen LogP contribution in [0.1, 0.15) is 12.5 Å². The molecule has 0 radical (unpaired) electrons. The number of nitrogens with zero attached hydrogens (tertiary/aromatic N) is 4. The van der Waals surface area contributed by atoms with Crippen molar-refractivity contribution in [1.29, 1.82) is 0 Å². The lowest BCUT2D eigenvalue weighted by atomic mass is 10.1. The molecule has 2 aromatic rings. The van der Waals surface area contributed by atoms with Crippen LogP contribution < -0.4 is 5.32 Å². The summed E-state index contributed by atoms with van der Waals surface area (Å²) in [4.78, 5) is 12.3. The predicted octanol–water partition coefficient (Wildman–Crippen LogP) is 3.54. The lowest BCUT2D eigenvalue weighted by molar-refractivity contribution is -0.181. The zero-order valence-corrected chi connectivity index (χ0v) is 18.9. The molecule has 1 saturated heterocycles. The Hall–Kier alpha value is -1.62. The summed E-state index contributed by atoms with van der Waals surface area (Å²) in [5, 5.41) is 4.44. The Labute approximate surface area is 186 Å². The molecule has 3 rings (SSSR count). The van der Waals surface area contributed by atoms with Gasteiger partial charge in [0.15, 0.2) is 5.96 Å². The van der Waals surface area contributed by atoms with E-state index in [1.165, 1.54) is 11.8 Å². The second-order valence-electron chi connectivity index (χ2n) is 6.96. The van der Waals surface area contributed by atoms with Gasteiger partial charge < -0.3 is 10.2 Å². The van der Waals surface area contributed by atoms with Crippen LogP contribution in [0, 0.1) is 0 Å². The number of aliphatic imine (C=N–C) groups is 1. The van der Waals surface area contributed by atoms with Crippen molar-refractivity contribution in [3.63, 3.8) is 0 Å². The summed E-state index contributed by atoms with van der Waals surface area (Å²) in [6.07, 6.45) is -1.60. The highest BCUT2D eigenvalue weighted by Gasteiger charge is 2.41. The number of fused-ring (bicyclic) bond motifs is 1. The Morgan fingerprint density at radius 2 is 1.86 bits per heavy atom. The summed E-state index contributed by atoms with van der Waals surface area (Å²) in [6.45, 7) is 3.69. The number of hydrogen-bond acceptors (Lipinski definition) is 3. The average molecular weight is 521 g/mol. The Morgan fingerprint density at radius 3 is 2.52 bits per heavy atom. The molecule has 1 unspecified atom stereocenters. The van der Waals surface area contributed by atoms with Crippen molar-refractivity contribution in [3.05, 3.63) is 42.1 Å². The average Bonchev–Trinajstić information content (AvgIpc) is 2.70.